The predicted molar refractivity (Wildman–Crippen MR) is 34.5 cm³/mol. The van der Waals surface area contributed by atoms with Crippen molar-refractivity contribution in [3.63, 3.8) is 0 Å². The van der Waals surface area contributed by atoms with Crippen molar-refractivity contribution in [2.45, 2.75) is 12.5 Å². The van der Waals surface area contributed by atoms with E-state index in [-0.39, 0.29) is 13.0 Å². The van der Waals surface area contributed by atoms with E-state index in [1.165, 1.54) is 12.2 Å². The monoisotopic (exact) mass is 146 g/mol. The molecule has 0 aliphatic heterocycles. The molecule has 1 unspecified atom stereocenters. The summed E-state index contributed by atoms with van der Waals surface area (Å²) in [5.41, 5.74) is 0. The van der Waals surface area contributed by atoms with Crippen LogP contribution in [0.1, 0.15) is 6.42 Å². The normalized spacial score (nSPS) is 13.8. The number of aliphatic hydroxyl groups is 2. The van der Waals surface area contributed by atoms with E-state index in [4.69, 9.17) is 15.3 Å². The summed E-state index contributed by atoms with van der Waals surface area (Å²) >= 11 is 0. The SMILES string of the molecule is O=C(O)CC=CC(O)CO. The van der Waals surface area contributed by atoms with Crippen LogP contribution >= 0.6 is 0 Å². The second kappa shape index (κ2) is 4.96. The summed E-state index contributed by atoms with van der Waals surface area (Å²) in [7, 11) is 0. The number of aliphatic hydroxyl groups excluding tert-OH is 2. The Hall–Kier alpha value is -0.870. The lowest BCUT2D eigenvalue weighted by molar-refractivity contribution is -0.136. The molecule has 3 N–H and O–H groups in total. The van der Waals surface area contributed by atoms with Crippen molar-refractivity contribution in [2.75, 3.05) is 6.61 Å². The van der Waals surface area contributed by atoms with Crippen molar-refractivity contribution in [1.82, 2.24) is 0 Å². The number of carbonyl (C=O) groups is 1. The summed E-state index contributed by atoms with van der Waals surface area (Å²) in [6, 6.07) is 0. The summed E-state index contributed by atoms with van der Waals surface area (Å²) in [5.74, 6) is -0.957. The third kappa shape index (κ3) is 5.27. The highest BCUT2D eigenvalue weighted by Gasteiger charge is 1.94. The van der Waals surface area contributed by atoms with Gasteiger partial charge in [-0.15, -0.1) is 0 Å². The molecule has 0 saturated carbocycles. The molecule has 10 heavy (non-hydrogen) atoms. The lowest BCUT2D eigenvalue weighted by Crippen LogP contribution is -2.07. The summed E-state index contributed by atoms with van der Waals surface area (Å²) in [6.07, 6.45) is 1.47. The van der Waals surface area contributed by atoms with Crippen molar-refractivity contribution in [1.29, 1.82) is 0 Å². The summed E-state index contributed by atoms with van der Waals surface area (Å²) < 4.78 is 0. The molecule has 1 atom stereocenters. The number of hydrogen-bond acceptors (Lipinski definition) is 3. The third-order valence-corrected chi connectivity index (χ3v) is 0.838. The summed E-state index contributed by atoms with van der Waals surface area (Å²) in [6.45, 7) is -0.379. The molecule has 0 aromatic heterocycles. The lowest BCUT2D eigenvalue weighted by Gasteiger charge is -1.96. The van der Waals surface area contributed by atoms with Crippen LogP contribution in [0.3, 0.4) is 0 Å². The average molecular weight is 146 g/mol. The average Bonchev–Trinajstić information content (AvgIpc) is 1.87. The van der Waals surface area contributed by atoms with Crippen molar-refractivity contribution in [3.8, 4) is 0 Å². The molecule has 0 aromatic rings. The van der Waals surface area contributed by atoms with E-state index >= 15 is 0 Å². The molecule has 0 aliphatic carbocycles. The van der Waals surface area contributed by atoms with E-state index in [0.717, 1.165) is 0 Å². The zero-order chi connectivity index (χ0) is 7.98. The number of hydrogen-bond donors (Lipinski definition) is 3. The molecular formula is C6H10O4. The van der Waals surface area contributed by atoms with Gasteiger partial charge in [0.15, 0.2) is 0 Å². The van der Waals surface area contributed by atoms with Gasteiger partial charge in [0.1, 0.15) is 0 Å². The van der Waals surface area contributed by atoms with Crippen LogP contribution in [0.4, 0.5) is 0 Å². The third-order valence-electron chi connectivity index (χ3n) is 0.838. The van der Waals surface area contributed by atoms with Crippen molar-refractivity contribution in [3.05, 3.63) is 12.2 Å². The first-order chi connectivity index (χ1) is 4.66. The Balaban J connectivity index is 3.45. The molecule has 0 aromatic carbocycles. The van der Waals surface area contributed by atoms with Crippen LogP contribution in [-0.4, -0.2) is 34.0 Å². The molecule has 0 bridgehead atoms. The van der Waals surface area contributed by atoms with Gasteiger partial charge in [0.25, 0.3) is 0 Å². The second-order valence-electron chi connectivity index (χ2n) is 1.78. The van der Waals surface area contributed by atoms with Crippen LogP contribution in [0, 0.1) is 0 Å². The minimum absolute atomic E-state index is 0.128. The fraction of sp³-hybridized carbons (Fsp3) is 0.500. The van der Waals surface area contributed by atoms with Gasteiger partial charge in [-0.3, -0.25) is 4.79 Å². The Kier molecular flexibility index (Phi) is 4.53. The fourth-order valence-electron chi connectivity index (χ4n) is 0.387. The maximum Gasteiger partial charge on any atom is 0.307 e. The Morgan fingerprint density at radius 3 is 2.60 bits per heavy atom. The van der Waals surface area contributed by atoms with Gasteiger partial charge in [0, 0.05) is 0 Å². The highest BCUT2D eigenvalue weighted by Crippen LogP contribution is 1.87. The van der Waals surface area contributed by atoms with Crippen molar-refractivity contribution in [2.24, 2.45) is 0 Å². The molecule has 58 valence electrons. The lowest BCUT2D eigenvalue weighted by atomic mass is 10.3. The highest BCUT2D eigenvalue weighted by molar-refractivity contribution is 5.68. The molecule has 0 amide bonds. The van der Waals surface area contributed by atoms with E-state index in [0.29, 0.717) is 0 Å². The van der Waals surface area contributed by atoms with Gasteiger partial charge in [0.05, 0.1) is 19.1 Å². The maximum absolute atomic E-state index is 9.87. The van der Waals surface area contributed by atoms with E-state index in [1.807, 2.05) is 0 Å². The molecule has 0 rings (SSSR count). The van der Waals surface area contributed by atoms with Gasteiger partial charge < -0.3 is 15.3 Å². The van der Waals surface area contributed by atoms with E-state index < -0.39 is 12.1 Å². The van der Waals surface area contributed by atoms with Crippen LogP contribution in [0.5, 0.6) is 0 Å². The molecule has 4 heteroatoms. The molecule has 0 heterocycles. The van der Waals surface area contributed by atoms with Crippen molar-refractivity contribution >= 4 is 5.97 Å². The van der Waals surface area contributed by atoms with Gasteiger partial charge in [-0.2, -0.15) is 0 Å². The largest absolute Gasteiger partial charge is 0.481 e. The zero-order valence-corrected chi connectivity index (χ0v) is 5.40. The van der Waals surface area contributed by atoms with Gasteiger partial charge in [-0.05, 0) is 0 Å². The number of carboxylic acids is 1. The Labute approximate surface area is 58.4 Å². The summed E-state index contributed by atoms with van der Waals surface area (Å²) in [4.78, 5) is 9.87. The fourth-order valence-corrected chi connectivity index (χ4v) is 0.387. The Morgan fingerprint density at radius 2 is 2.20 bits per heavy atom. The minimum Gasteiger partial charge on any atom is -0.481 e. The summed E-state index contributed by atoms with van der Waals surface area (Å²) in [5, 5.41) is 25.0. The van der Waals surface area contributed by atoms with Crippen LogP contribution in [-0.2, 0) is 4.79 Å². The van der Waals surface area contributed by atoms with Crippen LogP contribution in [0.25, 0.3) is 0 Å². The number of carboxylic acid groups (broad SMARTS) is 1. The van der Waals surface area contributed by atoms with Gasteiger partial charge >= 0.3 is 5.97 Å². The van der Waals surface area contributed by atoms with Crippen LogP contribution in [0.15, 0.2) is 12.2 Å². The highest BCUT2D eigenvalue weighted by atomic mass is 16.4. The van der Waals surface area contributed by atoms with E-state index in [2.05, 4.69) is 0 Å². The molecule has 4 nitrogen and oxygen atoms in total. The van der Waals surface area contributed by atoms with Crippen LogP contribution in [0.2, 0.25) is 0 Å². The second-order valence-corrected chi connectivity index (χ2v) is 1.78. The molecular weight excluding hydrogens is 136 g/mol. The first kappa shape index (κ1) is 9.13. The molecule has 0 spiro atoms. The van der Waals surface area contributed by atoms with Crippen molar-refractivity contribution < 1.29 is 20.1 Å². The van der Waals surface area contributed by atoms with Gasteiger partial charge in [0.2, 0.25) is 0 Å². The Bertz CT molecular complexity index is 130. The molecule has 0 fully saturated rings. The first-order valence-corrected chi connectivity index (χ1v) is 2.84. The standard InChI is InChI=1S/C6H10O4/c7-4-5(8)2-1-3-6(9)10/h1-2,5,7-8H,3-4H2,(H,9,10). The molecule has 0 aliphatic rings. The van der Waals surface area contributed by atoms with Crippen LogP contribution < -0.4 is 0 Å². The Morgan fingerprint density at radius 1 is 1.60 bits per heavy atom. The maximum atomic E-state index is 9.87. The topological polar surface area (TPSA) is 77.8 Å². The minimum atomic E-state index is -0.957. The smallest absolute Gasteiger partial charge is 0.307 e. The van der Waals surface area contributed by atoms with Gasteiger partial charge in [-0.25, -0.2) is 0 Å². The first-order valence-electron chi connectivity index (χ1n) is 2.84. The number of aliphatic carboxylic acids is 1. The molecule has 0 radical (unpaired) electrons. The van der Waals surface area contributed by atoms with Gasteiger partial charge in [-0.1, -0.05) is 12.2 Å². The number of rotatable bonds is 4. The zero-order valence-electron chi connectivity index (χ0n) is 5.40. The quantitative estimate of drug-likeness (QED) is 0.461. The molecule has 0 saturated heterocycles. The van der Waals surface area contributed by atoms with E-state index in [1.54, 1.807) is 0 Å². The van der Waals surface area contributed by atoms with E-state index in [9.17, 15) is 4.79 Å². The predicted octanol–water partition coefficient (Wildman–Crippen LogP) is -0.629.